The number of carbonyl (C=O) groups excluding carboxylic acids is 1. The smallest absolute Gasteiger partial charge is 0.305 e. The molecule has 0 aliphatic carbocycles. The maximum atomic E-state index is 12.4. The number of carboxylic acids is 1. The second-order valence-corrected chi connectivity index (χ2v) is 6.75. The standard InChI is InChI=1S/C19H28N2O3/c1-15(19(24)20(2)11-10-18(22)23)21-12-8-17(9-13-21)14-16-6-4-3-5-7-16/h3-7,15,17H,8-14H2,1-2H3,(H,22,23). The molecule has 1 amide bonds. The SMILES string of the molecule is CC(C(=O)N(C)CCC(=O)O)N1CCC(Cc2ccccc2)CC1. The van der Waals surface area contributed by atoms with Gasteiger partial charge in [-0.25, -0.2) is 0 Å². The van der Waals surface area contributed by atoms with E-state index in [9.17, 15) is 9.59 Å². The highest BCUT2D eigenvalue weighted by Gasteiger charge is 2.28. The molecule has 1 unspecified atom stereocenters. The van der Waals surface area contributed by atoms with Gasteiger partial charge in [0.15, 0.2) is 0 Å². The summed E-state index contributed by atoms with van der Waals surface area (Å²) in [4.78, 5) is 26.8. The predicted octanol–water partition coefficient (Wildman–Crippen LogP) is 2.26. The first-order valence-electron chi connectivity index (χ1n) is 8.72. The van der Waals surface area contributed by atoms with Crippen LogP contribution in [0.2, 0.25) is 0 Å². The molecule has 132 valence electrons. The van der Waals surface area contributed by atoms with Crippen molar-refractivity contribution < 1.29 is 14.7 Å². The van der Waals surface area contributed by atoms with Crippen LogP contribution in [0.5, 0.6) is 0 Å². The van der Waals surface area contributed by atoms with Gasteiger partial charge in [-0.3, -0.25) is 14.5 Å². The molecule has 1 saturated heterocycles. The van der Waals surface area contributed by atoms with Crippen LogP contribution >= 0.6 is 0 Å². The lowest BCUT2D eigenvalue weighted by molar-refractivity contribution is -0.139. The number of likely N-dealkylation sites (tertiary alicyclic amines) is 1. The number of amides is 1. The first kappa shape index (κ1) is 18.5. The minimum atomic E-state index is -0.871. The fourth-order valence-corrected chi connectivity index (χ4v) is 3.34. The molecule has 2 rings (SSSR count). The van der Waals surface area contributed by atoms with Crippen LogP contribution in [0, 0.1) is 5.92 Å². The lowest BCUT2D eigenvalue weighted by Crippen LogP contribution is -2.49. The van der Waals surface area contributed by atoms with Gasteiger partial charge in [-0.05, 0) is 50.8 Å². The minimum Gasteiger partial charge on any atom is -0.481 e. The summed E-state index contributed by atoms with van der Waals surface area (Å²) in [6, 6.07) is 10.4. The molecular weight excluding hydrogens is 304 g/mol. The lowest BCUT2D eigenvalue weighted by atomic mass is 9.89. The van der Waals surface area contributed by atoms with E-state index in [1.807, 2.05) is 13.0 Å². The zero-order valence-electron chi connectivity index (χ0n) is 14.6. The quantitative estimate of drug-likeness (QED) is 0.832. The first-order valence-corrected chi connectivity index (χ1v) is 8.72. The summed E-state index contributed by atoms with van der Waals surface area (Å²) in [5.41, 5.74) is 1.38. The number of rotatable bonds is 7. The number of piperidine rings is 1. The Balaban J connectivity index is 1.78. The van der Waals surface area contributed by atoms with Crippen LogP contribution in [0.4, 0.5) is 0 Å². The maximum absolute atomic E-state index is 12.4. The molecule has 5 heteroatoms. The van der Waals surface area contributed by atoms with Gasteiger partial charge in [0, 0.05) is 13.6 Å². The molecule has 1 N–H and O–H groups in total. The van der Waals surface area contributed by atoms with Crippen molar-refractivity contribution in [1.82, 2.24) is 9.80 Å². The number of nitrogens with zero attached hydrogens (tertiary/aromatic N) is 2. The van der Waals surface area contributed by atoms with Crippen molar-refractivity contribution >= 4 is 11.9 Å². The van der Waals surface area contributed by atoms with Crippen molar-refractivity contribution in [2.75, 3.05) is 26.7 Å². The van der Waals surface area contributed by atoms with Crippen molar-refractivity contribution in [2.45, 2.75) is 38.6 Å². The average Bonchev–Trinajstić information content (AvgIpc) is 2.60. The van der Waals surface area contributed by atoms with Gasteiger partial charge < -0.3 is 10.0 Å². The highest BCUT2D eigenvalue weighted by Crippen LogP contribution is 2.23. The van der Waals surface area contributed by atoms with Crippen LogP contribution in [0.25, 0.3) is 0 Å². The molecule has 1 aromatic rings. The van der Waals surface area contributed by atoms with E-state index in [1.54, 1.807) is 7.05 Å². The molecule has 0 saturated carbocycles. The highest BCUT2D eigenvalue weighted by molar-refractivity contribution is 5.81. The summed E-state index contributed by atoms with van der Waals surface area (Å²) < 4.78 is 0. The normalized spacial score (nSPS) is 17.4. The number of carboxylic acid groups (broad SMARTS) is 1. The number of hydrogen-bond donors (Lipinski definition) is 1. The zero-order valence-corrected chi connectivity index (χ0v) is 14.6. The van der Waals surface area contributed by atoms with E-state index < -0.39 is 5.97 Å². The zero-order chi connectivity index (χ0) is 17.5. The van der Waals surface area contributed by atoms with E-state index >= 15 is 0 Å². The third kappa shape index (κ3) is 5.34. The van der Waals surface area contributed by atoms with Crippen LogP contribution in [0.3, 0.4) is 0 Å². The Kier molecular flexibility index (Phi) is 6.79. The van der Waals surface area contributed by atoms with Crippen molar-refractivity contribution in [3.05, 3.63) is 35.9 Å². The fraction of sp³-hybridized carbons (Fsp3) is 0.579. The van der Waals surface area contributed by atoms with Crippen molar-refractivity contribution in [3.63, 3.8) is 0 Å². The number of aliphatic carboxylic acids is 1. The summed E-state index contributed by atoms with van der Waals surface area (Å²) in [7, 11) is 1.68. The summed E-state index contributed by atoms with van der Waals surface area (Å²) in [6.45, 7) is 4.05. The van der Waals surface area contributed by atoms with E-state index in [1.165, 1.54) is 10.5 Å². The second-order valence-electron chi connectivity index (χ2n) is 6.75. The molecule has 24 heavy (non-hydrogen) atoms. The molecule has 1 aliphatic heterocycles. The summed E-state index contributed by atoms with van der Waals surface area (Å²) in [6.07, 6.45) is 3.31. The van der Waals surface area contributed by atoms with E-state index in [0.29, 0.717) is 5.92 Å². The maximum Gasteiger partial charge on any atom is 0.305 e. The summed E-state index contributed by atoms with van der Waals surface area (Å²) >= 11 is 0. The number of hydrogen-bond acceptors (Lipinski definition) is 3. The third-order valence-electron chi connectivity index (χ3n) is 4.96. The number of benzene rings is 1. The third-order valence-corrected chi connectivity index (χ3v) is 4.96. The summed E-state index contributed by atoms with van der Waals surface area (Å²) in [5.74, 6) is -0.183. The molecular formula is C19H28N2O3. The molecule has 1 heterocycles. The van der Waals surface area contributed by atoms with Crippen molar-refractivity contribution in [3.8, 4) is 0 Å². The van der Waals surface area contributed by atoms with Gasteiger partial charge in [-0.15, -0.1) is 0 Å². The Morgan fingerprint density at radius 3 is 2.46 bits per heavy atom. The molecule has 5 nitrogen and oxygen atoms in total. The van der Waals surface area contributed by atoms with Crippen LogP contribution in [-0.2, 0) is 16.0 Å². The predicted molar refractivity (Wildman–Crippen MR) is 93.8 cm³/mol. The van der Waals surface area contributed by atoms with Gasteiger partial charge in [0.05, 0.1) is 12.5 Å². The lowest BCUT2D eigenvalue weighted by Gasteiger charge is -2.36. The number of carbonyl (C=O) groups is 2. The monoisotopic (exact) mass is 332 g/mol. The van der Waals surface area contributed by atoms with E-state index in [-0.39, 0.29) is 24.9 Å². The molecule has 0 spiro atoms. The van der Waals surface area contributed by atoms with Gasteiger partial charge in [0.2, 0.25) is 5.91 Å². The molecule has 1 atom stereocenters. The molecule has 0 aromatic heterocycles. The largest absolute Gasteiger partial charge is 0.481 e. The first-order chi connectivity index (χ1) is 11.5. The molecule has 0 radical (unpaired) electrons. The van der Waals surface area contributed by atoms with Gasteiger partial charge >= 0.3 is 5.97 Å². The van der Waals surface area contributed by atoms with Crippen LogP contribution in [0.1, 0.15) is 31.7 Å². The molecule has 1 aliphatic rings. The molecule has 0 bridgehead atoms. The Bertz CT molecular complexity index is 539. The van der Waals surface area contributed by atoms with Crippen LogP contribution < -0.4 is 0 Å². The number of likely N-dealkylation sites (N-methyl/N-ethyl adjacent to an activating group) is 1. The molecule has 1 aromatic carbocycles. The Labute approximate surface area is 144 Å². The second kappa shape index (κ2) is 8.83. The highest BCUT2D eigenvalue weighted by atomic mass is 16.4. The van der Waals surface area contributed by atoms with Crippen LogP contribution in [0.15, 0.2) is 30.3 Å². The Morgan fingerprint density at radius 2 is 1.88 bits per heavy atom. The van der Waals surface area contributed by atoms with Crippen molar-refractivity contribution in [2.24, 2.45) is 5.92 Å². The topological polar surface area (TPSA) is 60.9 Å². The fourth-order valence-electron chi connectivity index (χ4n) is 3.34. The van der Waals surface area contributed by atoms with E-state index in [4.69, 9.17) is 5.11 Å². The van der Waals surface area contributed by atoms with Gasteiger partial charge in [-0.2, -0.15) is 0 Å². The van der Waals surface area contributed by atoms with E-state index in [0.717, 1.165) is 32.4 Å². The molecule has 1 fully saturated rings. The average molecular weight is 332 g/mol. The van der Waals surface area contributed by atoms with Gasteiger partial charge in [0.25, 0.3) is 0 Å². The van der Waals surface area contributed by atoms with Gasteiger partial charge in [0.1, 0.15) is 0 Å². The van der Waals surface area contributed by atoms with Crippen molar-refractivity contribution in [1.29, 1.82) is 0 Å². The van der Waals surface area contributed by atoms with E-state index in [2.05, 4.69) is 29.2 Å². The summed E-state index contributed by atoms with van der Waals surface area (Å²) in [5, 5.41) is 8.73. The minimum absolute atomic E-state index is 0.00584. The van der Waals surface area contributed by atoms with Gasteiger partial charge in [-0.1, -0.05) is 30.3 Å². The van der Waals surface area contributed by atoms with Crippen LogP contribution in [-0.4, -0.2) is 59.5 Å². The Morgan fingerprint density at radius 1 is 1.25 bits per heavy atom. The Hall–Kier alpha value is -1.88.